The molecule has 3 nitrogen and oxygen atoms in total. The Hall–Kier alpha value is -1.61. The highest BCUT2D eigenvalue weighted by Crippen LogP contribution is 2.29. The van der Waals surface area contributed by atoms with E-state index in [0.717, 1.165) is 18.1 Å². The van der Waals surface area contributed by atoms with Gasteiger partial charge in [0.05, 0.1) is 17.4 Å². The number of fused-ring (bicyclic) bond motifs is 2. The third-order valence-corrected chi connectivity index (χ3v) is 4.85. The summed E-state index contributed by atoms with van der Waals surface area (Å²) in [7, 11) is 0. The molecule has 0 bridgehead atoms. The number of pyridine rings is 1. The van der Waals surface area contributed by atoms with Crippen molar-refractivity contribution in [2.75, 3.05) is 24.5 Å². The van der Waals surface area contributed by atoms with E-state index in [1.54, 1.807) is 0 Å². The van der Waals surface area contributed by atoms with Crippen LogP contribution < -0.4 is 4.90 Å². The van der Waals surface area contributed by atoms with E-state index >= 15 is 0 Å². The fourth-order valence-corrected chi connectivity index (χ4v) is 3.76. The maximum Gasteiger partial charge on any atom is 0.0703 e. The number of anilines is 1. The molecule has 104 valence electrons. The maximum absolute atomic E-state index is 4.62. The molecule has 0 saturated carbocycles. The van der Waals surface area contributed by atoms with E-state index in [9.17, 15) is 0 Å². The maximum atomic E-state index is 4.62. The van der Waals surface area contributed by atoms with Gasteiger partial charge in [-0.2, -0.15) is 0 Å². The lowest BCUT2D eigenvalue weighted by Crippen LogP contribution is -2.55. The monoisotopic (exact) mass is 267 g/mol. The molecule has 0 radical (unpaired) electrons. The van der Waals surface area contributed by atoms with Crippen molar-refractivity contribution in [3.63, 3.8) is 0 Å². The highest BCUT2D eigenvalue weighted by molar-refractivity contribution is 5.81. The van der Waals surface area contributed by atoms with E-state index in [4.69, 9.17) is 0 Å². The van der Waals surface area contributed by atoms with Gasteiger partial charge < -0.3 is 4.90 Å². The van der Waals surface area contributed by atoms with Gasteiger partial charge in [0, 0.05) is 30.6 Å². The molecule has 2 aliphatic heterocycles. The average Bonchev–Trinajstić information content (AvgIpc) is 2.93. The smallest absolute Gasteiger partial charge is 0.0703 e. The third-order valence-electron chi connectivity index (χ3n) is 4.85. The van der Waals surface area contributed by atoms with Gasteiger partial charge in [0.2, 0.25) is 0 Å². The van der Waals surface area contributed by atoms with E-state index in [2.05, 4.69) is 52.0 Å². The predicted molar refractivity (Wildman–Crippen MR) is 83.1 cm³/mol. The number of hydrogen-bond acceptors (Lipinski definition) is 3. The van der Waals surface area contributed by atoms with E-state index in [0.29, 0.717) is 6.04 Å². The molecule has 2 fully saturated rings. The van der Waals surface area contributed by atoms with Crippen LogP contribution in [-0.2, 0) is 0 Å². The number of aromatic nitrogens is 1. The van der Waals surface area contributed by atoms with Crippen molar-refractivity contribution in [1.82, 2.24) is 9.88 Å². The van der Waals surface area contributed by atoms with Crippen molar-refractivity contribution >= 4 is 16.6 Å². The van der Waals surface area contributed by atoms with E-state index in [-0.39, 0.29) is 0 Å². The molecular formula is C17H21N3. The van der Waals surface area contributed by atoms with E-state index in [1.165, 1.54) is 37.0 Å². The van der Waals surface area contributed by atoms with Crippen molar-refractivity contribution in [3.8, 4) is 0 Å². The minimum absolute atomic E-state index is 0.576. The molecule has 0 N–H and O–H groups in total. The Balaban J connectivity index is 1.67. The first-order chi connectivity index (χ1) is 9.81. The Morgan fingerprint density at radius 2 is 2.10 bits per heavy atom. The van der Waals surface area contributed by atoms with Crippen LogP contribution in [0.5, 0.6) is 0 Å². The van der Waals surface area contributed by atoms with Crippen LogP contribution in [0.2, 0.25) is 0 Å². The molecule has 2 atom stereocenters. The number of rotatable bonds is 1. The molecular weight excluding hydrogens is 246 g/mol. The van der Waals surface area contributed by atoms with Gasteiger partial charge >= 0.3 is 0 Å². The topological polar surface area (TPSA) is 19.4 Å². The van der Waals surface area contributed by atoms with Crippen LogP contribution in [0.15, 0.2) is 36.5 Å². The van der Waals surface area contributed by atoms with Crippen molar-refractivity contribution in [3.05, 3.63) is 36.5 Å². The molecule has 2 aliphatic rings. The van der Waals surface area contributed by atoms with Crippen LogP contribution in [0.4, 0.5) is 5.69 Å². The number of hydrogen-bond donors (Lipinski definition) is 0. The molecule has 0 amide bonds. The number of nitrogens with zero attached hydrogens (tertiary/aromatic N) is 3. The summed E-state index contributed by atoms with van der Waals surface area (Å²) in [6, 6.07) is 12.0. The first-order valence-corrected chi connectivity index (χ1v) is 7.67. The lowest BCUT2D eigenvalue weighted by molar-refractivity contribution is 0.203. The Labute approximate surface area is 120 Å². The van der Waals surface area contributed by atoms with Crippen LogP contribution in [0.25, 0.3) is 10.9 Å². The summed E-state index contributed by atoms with van der Waals surface area (Å²) in [4.78, 5) is 9.83. The first-order valence-electron chi connectivity index (χ1n) is 7.67. The van der Waals surface area contributed by atoms with Crippen LogP contribution in [0.1, 0.15) is 19.8 Å². The second-order valence-electron chi connectivity index (χ2n) is 6.18. The molecule has 3 heterocycles. The number of benzene rings is 1. The molecule has 2 saturated heterocycles. The Kier molecular flexibility index (Phi) is 2.88. The van der Waals surface area contributed by atoms with Crippen molar-refractivity contribution < 1.29 is 0 Å². The van der Waals surface area contributed by atoms with Gasteiger partial charge in [-0.25, -0.2) is 0 Å². The van der Waals surface area contributed by atoms with Gasteiger partial charge in [-0.15, -0.1) is 0 Å². The van der Waals surface area contributed by atoms with Crippen LogP contribution in [0.3, 0.4) is 0 Å². The second kappa shape index (κ2) is 4.74. The molecule has 3 heteroatoms. The lowest BCUT2D eigenvalue weighted by atomic mass is 10.1. The van der Waals surface area contributed by atoms with Gasteiger partial charge in [0.25, 0.3) is 0 Å². The normalized spacial score (nSPS) is 26.9. The summed E-state index contributed by atoms with van der Waals surface area (Å²) in [6.45, 7) is 5.97. The van der Waals surface area contributed by atoms with Crippen molar-refractivity contribution in [2.24, 2.45) is 0 Å². The summed E-state index contributed by atoms with van der Waals surface area (Å²) in [5.74, 6) is 0. The first kappa shape index (κ1) is 12.2. The van der Waals surface area contributed by atoms with Gasteiger partial charge in [0.1, 0.15) is 0 Å². The second-order valence-corrected chi connectivity index (χ2v) is 6.18. The largest absolute Gasteiger partial charge is 0.365 e. The van der Waals surface area contributed by atoms with Crippen LogP contribution >= 0.6 is 0 Å². The lowest BCUT2D eigenvalue weighted by Gasteiger charge is -2.43. The molecule has 2 aromatic rings. The summed E-state index contributed by atoms with van der Waals surface area (Å²) < 4.78 is 0. The summed E-state index contributed by atoms with van der Waals surface area (Å²) in [6.07, 6.45) is 4.76. The standard InChI is InChI=1S/C17H21N3/c1-13-11-19-8-4-6-15(19)12-20(13)16-9-14-5-2-3-7-17(14)18-10-16/h2-3,5,7,9-10,13,15H,4,6,8,11-12H2,1H3. The Bertz CT molecular complexity index is 624. The number of para-hydroxylation sites is 1. The molecule has 1 aromatic carbocycles. The Morgan fingerprint density at radius 3 is 3.05 bits per heavy atom. The molecule has 0 aliphatic carbocycles. The van der Waals surface area contributed by atoms with E-state index in [1.807, 2.05) is 6.20 Å². The van der Waals surface area contributed by atoms with Crippen molar-refractivity contribution in [1.29, 1.82) is 0 Å². The predicted octanol–water partition coefficient (Wildman–Crippen LogP) is 2.91. The van der Waals surface area contributed by atoms with Gasteiger partial charge in [-0.1, -0.05) is 18.2 Å². The molecule has 0 spiro atoms. The third kappa shape index (κ3) is 1.97. The summed E-state index contributed by atoms with van der Waals surface area (Å²) in [5.41, 5.74) is 2.37. The highest BCUT2D eigenvalue weighted by atomic mass is 15.3. The minimum Gasteiger partial charge on any atom is -0.365 e. The quantitative estimate of drug-likeness (QED) is 0.792. The zero-order valence-corrected chi connectivity index (χ0v) is 12.0. The molecule has 2 unspecified atom stereocenters. The average molecular weight is 267 g/mol. The highest BCUT2D eigenvalue weighted by Gasteiger charge is 2.34. The number of piperazine rings is 1. The molecule has 4 rings (SSSR count). The SMILES string of the molecule is CC1CN2CCCC2CN1c1cnc2ccccc2c1. The fourth-order valence-electron chi connectivity index (χ4n) is 3.76. The molecule has 1 aromatic heterocycles. The van der Waals surface area contributed by atoms with Gasteiger partial charge in [-0.3, -0.25) is 9.88 Å². The van der Waals surface area contributed by atoms with E-state index < -0.39 is 0 Å². The zero-order chi connectivity index (χ0) is 13.5. The minimum atomic E-state index is 0.576. The van der Waals surface area contributed by atoms with Gasteiger partial charge in [-0.05, 0) is 38.4 Å². The van der Waals surface area contributed by atoms with Gasteiger partial charge in [0.15, 0.2) is 0 Å². The Morgan fingerprint density at radius 1 is 1.20 bits per heavy atom. The zero-order valence-electron chi connectivity index (χ0n) is 12.0. The molecule has 20 heavy (non-hydrogen) atoms. The van der Waals surface area contributed by atoms with Crippen LogP contribution in [0, 0.1) is 0 Å². The van der Waals surface area contributed by atoms with Crippen molar-refractivity contribution in [2.45, 2.75) is 31.8 Å². The fraction of sp³-hybridized carbons (Fsp3) is 0.471. The van der Waals surface area contributed by atoms with Crippen LogP contribution in [-0.4, -0.2) is 41.6 Å². The summed E-state index contributed by atoms with van der Waals surface area (Å²) >= 11 is 0. The summed E-state index contributed by atoms with van der Waals surface area (Å²) in [5, 5.41) is 1.24.